The summed E-state index contributed by atoms with van der Waals surface area (Å²) in [5, 5.41) is 8.66. The summed E-state index contributed by atoms with van der Waals surface area (Å²) < 4.78 is 5.49. The Labute approximate surface area is 198 Å². The molecule has 4 rings (SSSR count). The number of carboxylic acid groups (broad SMARTS) is 1. The second-order valence-corrected chi connectivity index (χ2v) is 10.9. The fraction of sp³-hybridized carbons (Fsp3) is 0.679. The lowest BCUT2D eigenvalue weighted by Crippen LogP contribution is -2.52. The van der Waals surface area contributed by atoms with E-state index < -0.39 is 5.97 Å². The van der Waals surface area contributed by atoms with Crippen molar-refractivity contribution in [3.63, 3.8) is 0 Å². The zero-order valence-electron chi connectivity index (χ0n) is 20.8. The quantitative estimate of drug-likeness (QED) is 0.446. The van der Waals surface area contributed by atoms with Gasteiger partial charge in [-0.05, 0) is 99.5 Å². The topological polar surface area (TPSA) is 80.7 Å². The van der Waals surface area contributed by atoms with E-state index in [-0.39, 0.29) is 18.0 Å². The molecule has 1 unspecified atom stereocenters. The number of aryl methyl sites for hydroxylation is 2. The van der Waals surface area contributed by atoms with Crippen molar-refractivity contribution in [2.75, 3.05) is 0 Å². The van der Waals surface area contributed by atoms with Gasteiger partial charge in [0, 0.05) is 12.8 Å². The van der Waals surface area contributed by atoms with E-state index in [1.54, 1.807) is 19.1 Å². The smallest absolute Gasteiger partial charge is 0.335 e. The number of carboxylic acids is 1. The van der Waals surface area contributed by atoms with Crippen LogP contribution in [-0.4, -0.2) is 29.4 Å². The first kappa shape index (κ1) is 25.5. The lowest BCUT2D eigenvalue weighted by molar-refractivity contribution is -0.158. The predicted octanol–water partition coefficient (Wildman–Crippen LogP) is 6.00. The van der Waals surface area contributed by atoms with Crippen molar-refractivity contribution in [3.8, 4) is 0 Å². The molecule has 0 saturated heterocycles. The summed E-state index contributed by atoms with van der Waals surface area (Å²) in [5.74, 6) is 1.76. The number of aromatic carboxylic acids is 1. The first-order valence-electron chi connectivity index (χ1n) is 12.5. The molecule has 1 N–H and O–H groups in total. The van der Waals surface area contributed by atoms with E-state index >= 15 is 0 Å². The largest absolute Gasteiger partial charge is 0.478 e. The van der Waals surface area contributed by atoms with Crippen molar-refractivity contribution in [2.24, 2.45) is 35.0 Å². The zero-order valence-corrected chi connectivity index (χ0v) is 20.8. The molecule has 0 aromatic heterocycles. The van der Waals surface area contributed by atoms with Crippen molar-refractivity contribution in [2.45, 2.75) is 85.7 Å². The molecule has 0 aliphatic heterocycles. The van der Waals surface area contributed by atoms with Gasteiger partial charge in [-0.3, -0.25) is 4.79 Å². The van der Waals surface area contributed by atoms with Crippen LogP contribution in [0, 0.1) is 48.9 Å². The summed E-state index contributed by atoms with van der Waals surface area (Å²) in [7, 11) is 0. The van der Waals surface area contributed by atoms with Crippen LogP contribution in [0.5, 0.6) is 0 Å². The van der Waals surface area contributed by atoms with Crippen LogP contribution in [0.25, 0.3) is 0 Å². The lowest BCUT2D eigenvalue weighted by Gasteiger charge is -2.58. The second kappa shape index (κ2) is 10.4. The highest BCUT2D eigenvalue weighted by Crippen LogP contribution is 2.60. The SMILES string of the molecule is CC(=O)O[C@H]1CC[C@@]2(C)[C@H](CC[C@H]3C(C=O)[C@@H](C)CC[C@@H]32)C1.Cc1ccc(C(=O)O)c(C)c1. The van der Waals surface area contributed by atoms with Gasteiger partial charge in [-0.25, -0.2) is 4.79 Å². The third kappa shape index (κ3) is 5.50. The molecule has 182 valence electrons. The standard InChI is InChI=1S/C19H30O3.C9H10O2/c1-12-4-7-18-16(17(12)11-20)6-5-14-10-15(22-13(2)21)8-9-19(14,18)3;1-6-3-4-8(9(10)11)7(2)5-6/h11-12,14-18H,4-10H2,1-3H3;3-5H,1-2H3,(H,10,11)/t12-,14+,15-,16-,17?,18-,19-;/m0./s1. The Balaban J connectivity index is 0.000000235. The maximum Gasteiger partial charge on any atom is 0.335 e. The van der Waals surface area contributed by atoms with Gasteiger partial charge in [-0.15, -0.1) is 0 Å². The molecule has 0 radical (unpaired) electrons. The minimum atomic E-state index is -0.859. The summed E-state index contributed by atoms with van der Waals surface area (Å²) in [6.45, 7) is 9.97. The fourth-order valence-corrected chi connectivity index (χ4v) is 7.09. The van der Waals surface area contributed by atoms with Gasteiger partial charge < -0.3 is 14.6 Å². The summed E-state index contributed by atoms with van der Waals surface area (Å²) >= 11 is 0. The van der Waals surface area contributed by atoms with Gasteiger partial charge >= 0.3 is 11.9 Å². The number of ether oxygens (including phenoxy) is 1. The first-order chi connectivity index (χ1) is 15.6. The van der Waals surface area contributed by atoms with Gasteiger partial charge in [0.25, 0.3) is 0 Å². The second-order valence-electron chi connectivity index (χ2n) is 10.9. The number of fused-ring (bicyclic) bond motifs is 3. The van der Waals surface area contributed by atoms with E-state index in [0.717, 1.165) is 30.4 Å². The molecule has 3 fully saturated rings. The number of carbonyl (C=O) groups is 3. The molecule has 33 heavy (non-hydrogen) atoms. The number of rotatable bonds is 3. The minimum Gasteiger partial charge on any atom is -0.478 e. The molecule has 3 aliphatic rings. The highest BCUT2D eigenvalue weighted by atomic mass is 16.5. The van der Waals surface area contributed by atoms with Crippen LogP contribution in [0.2, 0.25) is 0 Å². The van der Waals surface area contributed by atoms with Crippen LogP contribution in [0.4, 0.5) is 0 Å². The molecule has 1 aromatic carbocycles. The number of benzene rings is 1. The summed E-state index contributed by atoms with van der Waals surface area (Å²) in [6.07, 6.45) is 9.40. The number of aldehydes is 1. The molecule has 0 bridgehead atoms. The number of hydrogen-bond donors (Lipinski definition) is 1. The van der Waals surface area contributed by atoms with E-state index in [2.05, 4.69) is 13.8 Å². The number of carbonyl (C=O) groups excluding carboxylic acids is 2. The Hall–Kier alpha value is -2.17. The Bertz CT molecular complexity index is 877. The molecule has 3 saturated carbocycles. The van der Waals surface area contributed by atoms with E-state index in [4.69, 9.17) is 9.84 Å². The van der Waals surface area contributed by atoms with Crippen LogP contribution in [0.15, 0.2) is 18.2 Å². The van der Waals surface area contributed by atoms with Gasteiger partial charge in [0.1, 0.15) is 12.4 Å². The first-order valence-corrected chi connectivity index (χ1v) is 12.5. The average Bonchev–Trinajstić information content (AvgIpc) is 2.73. The van der Waals surface area contributed by atoms with E-state index in [0.29, 0.717) is 34.7 Å². The van der Waals surface area contributed by atoms with Gasteiger partial charge in [-0.2, -0.15) is 0 Å². The molecule has 0 heterocycles. The third-order valence-corrected chi connectivity index (χ3v) is 8.88. The third-order valence-electron chi connectivity index (χ3n) is 8.88. The Morgan fingerprint density at radius 3 is 2.45 bits per heavy atom. The van der Waals surface area contributed by atoms with Crippen LogP contribution in [0.3, 0.4) is 0 Å². The van der Waals surface area contributed by atoms with Gasteiger partial charge in [0.05, 0.1) is 5.56 Å². The molecular formula is C28H40O5. The highest BCUT2D eigenvalue weighted by Gasteiger charge is 2.54. The molecule has 3 aliphatic carbocycles. The molecule has 5 heteroatoms. The van der Waals surface area contributed by atoms with Gasteiger partial charge in [0.15, 0.2) is 0 Å². The van der Waals surface area contributed by atoms with Gasteiger partial charge in [-0.1, -0.05) is 31.5 Å². The van der Waals surface area contributed by atoms with E-state index in [9.17, 15) is 14.4 Å². The Morgan fingerprint density at radius 1 is 1.12 bits per heavy atom. The molecule has 0 spiro atoms. The molecule has 5 nitrogen and oxygen atoms in total. The predicted molar refractivity (Wildman–Crippen MR) is 128 cm³/mol. The fourth-order valence-electron chi connectivity index (χ4n) is 7.09. The maximum absolute atomic E-state index is 11.6. The monoisotopic (exact) mass is 456 g/mol. The van der Waals surface area contributed by atoms with Crippen LogP contribution >= 0.6 is 0 Å². The van der Waals surface area contributed by atoms with Crippen molar-refractivity contribution < 1.29 is 24.2 Å². The highest BCUT2D eigenvalue weighted by molar-refractivity contribution is 5.89. The lowest BCUT2D eigenvalue weighted by atomic mass is 9.47. The van der Waals surface area contributed by atoms with Crippen molar-refractivity contribution in [3.05, 3.63) is 34.9 Å². The molecule has 0 amide bonds. The number of esters is 1. The summed E-state index contributed by atoms with van der Waals surface area (Å²) in [5.41, 5.74) is 2.64. The average molecular weight is 457 g/mol. The van der Waals surface area contributed by atoms with Crippen LogP contribution in [0.1, 0.15) is 87.2 Å². The van der Waals surface area contributed by atoms with Crippen molar-refractivity contribution >= 4 is 18.2 Å². The van der Waals surface area contributed by atoms with Crippen molar-refractivity contribution in [1.29, 1.82) is 0 Å². The van der Waals surface area contributed by atoms with Crippen molar-refractivity contribution in [1.82, 2.24) is 0 Å². The molecule has 7 atom stereocenters. The maximum atomic E-state index is 11.6. The van der Waals surface area contributed by atoms with Gasteiger partial charge in [0.2, 0.25) is 0 Å². The molecule has 1 aromatic rings. The normalized spacial score (nSPS) is 35.2. The van der Waals surface area contributed by atoms with Crippen LogP contribution < -0.4 is 0 Å². The summed E-state index contributed by atoms with van der Waals surface area (Å²) in [4.78, 5) is 33.4. The zero-order chi connectivity index (χ0) is 24.3. The Kier molecular flexibility index (Phi) is 8.02. The summed E-state index contributed by atoms with van der Waals surface area (Å²) in [6, 6.07) is 5.30. The number of hydrogen-bond acceptors (Lipinski definition) is 4. The van der Waals surface area contributed by atoms with Crippen LogP contribution in [-0.2, 0) is 14.3 Å². The minimum absolute atomic E-state index is 0.122. The molecular weight excluding hydrogens is 416 g/mol. The van der Waals surface area contributed by atoms with E-state index in [1.807, 2.05) is 13.0 Å². The Morgan fingerprint density at radius 2 is 1.85 bits per heavy atom. The van der Waals surface area contributed by atoms with E-state index in [1.165, 1.54) is 38.9 Å².